The number of hydrogen-bond acceptors (Lipinski definition) is 1. The molecule has 2 aromatic rings. The molecule has 0 radical (unpaired) electrons. The molecule has 1 aromatic carbocycles. The molecule has 0 saturated carbocycles. The highest BCUT2D eigenvalue weighted by Crippen LogP contribution is 2.19. The summed E-state index contributed by atoms with van der Waals surface area (Å²) in [5.41, 5.74) is 9.59. The van der Waals surface area contributed by atoms with Gasteiger partial charge in [0.05, 0.1) is 11.1 Å². The van der Waals surface area contributed by atoms with E-state index in [1.165, 1.54) is 80.8 Å². The van der Waals surface area contributed by atoms with E-state index in [0.29, 0.717) is 0 Å². The highest BCUT2D eigenvalue weighted by molar-refractivity contribution is 5.87. The van der Waals surface area contributed by atoms with Crippen molar-refractivity contribution in [2.24, 2.45) is 0 Å². The third-order valence-corrected chi connectivity index (χ3v) is 5.03. The van der Waals surface area contributed by atoms with Crippen molar-refractivity contribution < 1.29 is 4.57 Å². The van der Waals surface area contributed by atoms with E-state index in [0.717, 1.165) is 12.2 Å². The summed E-state index contributed by atoms with van der Waals surface area (Å²) >= 11 is 0. The summed E-state index contributed by atoms with van der Waals surface area (Å²) in [7, 11) is 0. The number of anilines is 1. The van der Waals surface area contributed by atoms with E-state index in [4.69, 9.17) is 5.73 Å². The average Bonchev–Trinajstić information content (AvgIpc) is 2.59. The van der Waals surface area contributed by atoms with E-state index in [9.17, 15) is 0 Å². The molecule has 0 bridgehead atoms. The molecule has 0 amide bonds. The largest absolute Gasteiger partial charge is 0.398 e. The number of unbranched alkanes of at least 4 members (excludes halogenated alkanes) is 9. The molecule has 2 heteroatoms. The number of aromatic nitrogens is 1. The van der Waals surface area contributed by atoms with Crippen LogP contribution in [0.25, 0.3) is 10.9 Å². The Kier molecular flexibility index (Phi) is 8.07. The van der Waals surface area contributed by atoms with Crippen LogP contribution in [0, 0.1) is 6.92 Å². The minimum absolute atomic E-state index is 0.891. The Balaban J connectivity index is 1.72. The van der Waals surface area contributed by atoms with Crippen molar-refractivity contribution >= 4 is 16.6 Å². The number of pyridine rings is 1. The fourth-order valence-corrected chi connectivity index (χ4v) is 3.58. The Hall–Kier alpha value is -1.57. The van der Waals surface area contributed by atoms with Gasteiger partial charge in [0.2, 0.25) is 5.52 Å². The van der Waals surface area contributed by atoms with Gasteiger partial charge in [-0.2, -0.15) is 4.57 Å². The zero-order valence-corrected chi connectivity index (χ0v) is 15.7. The lowest BCUT2D eigenvalue weighted by Crippen LogP contribution is -2.38. The Morgan fingerprint density at radius 1 is 0.833 bits per heavy atom. The molecule has 0 unspecified atom stereocenters. The van der Waals surface area contributed by atoms with Crippen molar-refractivity contribution in [3.05, 3.63) is 36.0 Å². The van der Waals surface area contributed by atoms with E-state index in [2.05, 4.69) is 48.7 Å². The van der Waals surface area contributed by atoms with Gasteiger partial charge < -0.3 is 5.73 Å². The first-order chi connectivity index (χ1) is 11.7. The van der Waals surface area contributed by atoms with Crippen molar-refractivity contribution in [2.45, 2.75) is 84.6 Å². The van der Waals surface area contributed by atoms with Crippen LogP contribution in [0.5, 0.6) is 0 Å². The Morgan fingerprint density at radius 2 is 1.42 bits per heavy atom. The molecule has 0 aliphatic rings. The van der Waals surface area contributed by atoms with Gasteiger partial charge in [0, 0.05) is 25.5 Å². The maximum absolute atomic E-state index is 6.17. The molecule has 0 aliphatic heterocycles. The number of nitrogens with zero attached hydrogens (tertiary/aromatic N) is 1. The van der Waals surface area contributed by atoms with Crippen LogP contribution in [0.15, 0.2) is 30.3 Å². The predicted molar refractivity (Wildman–Crippen MR) is 105 cm³/mol. The second-order valence-electron chi connectivity index (χ2n) is 7.09. The standard InChI is InChI=1S/C22H34N2/c1-3-4-5-6-7-8-9-10-11-14-17-24-19(2)18-21(23)20-15-12-13-16-22(20)24/h12-13,15-16,18,23H,3-11,14,17H2,1-2H3/p+1. The number of aryl methyl sites for hydroxylation is 2. The smallest absolute Gasteiger partial charge is 0.214 e. The van der Waals surface area contributed by atoms with Crippen LogP contribution < -0.4 is 10.3 Å². The fourth-order valence-electron chi connectivity index (χ4n) is 3.58. The van der Waals surface area contributed by atoms with Gasteiger partial charge in [-0.25, -0.2) is 0 Å². The van der Waals surface area contributed by atoms with Gasteiger partial charge in [0.1, 0.15) is 6.54 Å². The fraction of sp³-hybridized carbons (Fsp3) is 0.591. The highest BCUT2D eigenvalue weighted by atomic mass is 15.0. The maximum Gasteiger partial charge on any atom is 0.214 e. The monoisotopic (exact) mass is 327 g/mol. The van der Waals surface area contributed by atoms with Gasteiger partial charge in [-0.1, -0.05) is 70.4 Å². The zero-order valence-electron chi connectivity index (χ0n) is 15.7. The number of nitrogens with two attached hydrogens (primary N) is 1. The van der Waals surface area contributed by atoms with Crippen LogP contribution in [0.1, 0.15) is 76.8 Å². The van der Waals surface area contributed by atoms with Crippen molar-refractivity contribution in [1.82, 2.24) is 0 Å². The van der Waals surface area contributed by atoms with Gasteiger partial charge in [-0.05, 0) is 12.5 Å². The van der Waals surface area contributed by atoms with Crippen molar-refractivity contribution in [2.75, 3.05) is 5.73 Å². The summed E-state index contributed by atoms with van der Waals surface area (Å²) in [4.78, 5) is 0. The number of fused-ring (bicyclic) bond motifs is 1. The molecular formula is C22H35N2+. The summed E-state index contributed by atoms with van der Waals surface area (Å²) in [5.74, 6) is 0. The molecule has 132 valence electrons. The summed E-state index contributed by atoms with van der Waals surface area (Å²) in [6.07, 6.45) is 13.8. The van der Waals surface area contributed by atoms with Crippen molar-refractivity contribution in [1.29, 1.82) is 0 Å². The molecule has 0 aliphatic carbocycles. The van der Waals surface area contributed by atoms with E-state index in [-0.39, 0.29) is 0 Å². The van der Waals surface area contributed by atoms with E-state index in [1.54, 1.807) is 0 Å². The molecule has 24 heavy (non-hydrogen) atoms. The molecule has 2 nitrogen and oxygen atoms in total. The summed E-state index contributed by atoms with van der Waals surface area (Å²) in [6, 6.07) is 10.6. The molecule has 0 saturated heterocycles. The van der Waals surface area contributed by atoms with Crippen LogP contribution in [0.4, 0.5) is 5.69 Å². The van der Waals surface area contributed by atoms with Gasteiger partial charge >= 0.3 is 0 Å². The third kappa shape index (κ3) is 5.51. The minimum atomic E-state index is 0.891. The van der Waals surface area contributed by atoms with Gasteiger partial charge in [0.25, 0.3) is 0 Å². The number of nitrogen functional groups attached to an aromatic ring is 1. The molecule has 0 atom stereocenters. The molecule has 2 rings (SSSR count). The zero-order chi connectivity index (χ0) is 17.2. The lowest BCUT2D eigenvalue weighted by Gasteiger charge is -2.07. The third-order valence-electron chi connectivity index (χ3n) is 5.03. The Morgan fingerprint density at radius 3 is 2.08 bits per heavy atom. The average molecular weight is 328 g/mol. The molecule has 0 fully saturated rings. The molecule has 2 N–H and O–H groups in total. The number of para-hydroxylation sites is 1. The normalized spacial score (nSPS) is 11.2. The highest BCUT2D eigenvalue weighted by Gasteiger charge is 2.14. The predicted octanol–water partition coefficient (Wildman–Crippen LogP) is 5.94. The van der Waals surface area contributed by atoms with Crippen LogP contribution >= 0.6 is 0 Å². The lowest BCUT2D eigenvalue weighted by atomic mass is 10.1. The lowest BCUT2D eigenvalue weighted by molar-refractivity contribution is -0.677. The minimum Gasteiger partial charge on any atom is -0.398 e. The number of hydrogen-bond donors (Lipinski definition) is 1. The van der Waals surface area contributed by atoms with Crippen molar-refractivity contribution in [3.8, 4) is 0 Å². The van der Waals surface area contributed by atoms with Crippen LogP contribution in [0.3, 0.4) is 0 Å². The topological polar surface area (TPSA) is 29.9 Å². The van der Waals surface area contributed by atoms with E-state index < -0.39 is 0 Å². The second-order valence-corrected chi connectivity index (χ2v) is 7.09. The number of benzene rings is 1. The van der Waals surface area contributed by atoms with Crippen LogP contribution in [-0.2, 0) is 6.54 Å². The molecule has 0 spiro atoms. The molecular weight excluding hydrogens is 292 g/mol. The Bertz CT molecular complexity index is 619. The van der Waals surface area contributed by atoms with Crippen LogP contribution in [-0.4, -0.2) is 0 Å². The van der Waals surface area contributed by atoms with Crippen LogP contribution in [0.2, 0.25) is 0 Å². The quantitative estimate of drug-likeness (QED) is 0.402. The molecule has 1 heterocycles. The van der Waals surface area contributed by atoms with Crippen molar-refractivity contribution in [3.63, 3.8) is 0 Å². The first kappa shape index (κ1) is 18.8. The second kappa shape index (κ2) is 10.3. The first-order valence-electron chi connectivity index (χ1n) is 9.91. The maximum atomic E-state index is 6.17. The van der Waals surface area contributed by atoms with E-state index in [1.807, 2.05) is 0 Å². The summed E-state index contributed by atoms with van der Waals surface area (Å²) in [5, 5.41) is 1.18. The summed E-state index contributed by atoms with van der Waals surface area (Å²) < 4.78 is 2.43. The SMILES string of the molecule is CCCCCCCCCCCC[n+]1c(C)cc(N)c2ccccc21. The van der Waals surface area contributed by atoms with Gasteiger partial charge in [0.15, 0.2) is 5.69 Å². The van der Waals surface area contributed by atoms with Gasteiger partial charge in [-0.15, -0.1) is 0 Å². The number of rotatable bonds is 11. The van der Waals surface area contributed by atoms with E-state index >= 15 is 0 Å². The first-order valence-corrected chi connectivity index (χ1v) is 9.91. The summed E-state index contributed by atoms with van der Waals surface area (Å²) in [6.45, 7) is 5.55. The molecule has 1 aromatic heterocycles. The Labute approximate surface area is 148 Å². The van der Waals surface area contributed by atoms with Gasteiger partial charge in [-0.3, -0.25) is 0 Å².